The molecule has 1 aliphatic carbocycles. The quantitative estimate of drug-likeness (QED) is 0.742. The molecule has 3 aromatic rings. The van der Waals surface area contributed by atoms with Gasteiger partial charge in [0, 0.05) is 18.4 Å². The Morgan fingerprint density at radius 1 is 1.04 bits per heavy atom. The Bertz CT molecular complexity index is 938. The van der Waals surface area contributed by atoms with Crippen LogP contribution in [0.5, 0.6) is 0 Å². The second-order valence-corrected chi connectivity index (χ2v) is 6.41. The zero-order chi connectivity index (χ0) is 17.2. The zero-order valence-electron chi connectivity index (χ0n) is 13.9. The highest BCUT2D eigenvalue weighted by molar-refractivity contribution is 6.09. The third kappa shape index (κ3) is 3.00. The number of anilines is 1. The fourth-order valence-electron chi connectivity index (χ4n) is 3.44. The lowest BCUT2D eigenvalue weighted by Gasteiger charge is -2.21. The Morgan fingerprint density at radius 3 is 2.68 bits per heavy atom. The van der Waals surface area contributed by atoms with E-state index in [1.807, 2.05) is 36.4 Å². The predicted octanol–water partition coefficient (Wildman–Crippen LogP) is 4.84. The third-order valence-electron chi connectivity index (χ3n) is 4.69. The van der Waals surface area contributed by atoms with Crippen molar-refractivity contribution in [1.29, 1.82) is 0 Å². The first-order valence-corrected chi connectivity index (χ1v) is 8.59. The van der Waals surface area contributed by atoms with Crippen LogP contribution in [0.15, 0.2) is 48.5 Å². The number of pyridine rings is 1. The molecular weight excluding hydrogens is 315 g/mol. The Morgan fingerprint density at radius 2 is 1.88 bits per heavy atom. The molecule has 2 aromatic carbocycles. The van der Waals surface area contributed by atoms with E-state index in [2.05, 4.69) is 10.3 Å². The Kier molecular flexibility index (Phi) is 4.18. The predicted molar refractivity (Wildman–Crippen MR) is 97.6 cm³/mol. The van der Waals surface area contributed by atoms with Crippen molar-refractivity contribution in [2.24, 2.45) is 0 Å². The number of hydrogen-bond acceptors (Lipinski definition) is 3. The summed E-state index contributed by atoms with van der Waals surface area (Å²) in [6.45, 7) is 0.116. The largest absolute Gasteiger partial charge is 0.380 e. The van der Waals surface area contributed by atoms with Gasteiger partial charge in [-0.1, -0.05) is 42.5 Å². The van der Waals surface area contributed by atoms with E-state index in [0.29, 0.717) is 24.1 Å². The van der Waals surface area contributed by atoms with E-state index in [4.69, 9.17) is 0 Å². The molecule has 4 heteroatoms. The Balaban J connectivity index is 1.83. The van der Waals surface area contributed by atoms with Crippen molar-refractivity contribution >= 4 is 22.4 Å². The van der Waals surface area contributed by atoms with Crippen molar-refractivity contribution in [3.8, 4) is 0 Å². The maximum Gasteiger partial charge on any atom is 0.166 e. The molecule has 1 heterocycles. The van der Waals surface area contributed by atoms with Gasteiger partial charge in [0.15, 0.2) is 5.78 Å². The van der Waals surface area contributed by atoms with Crippen molar-refractivity contribution in [3.05, 3.63) is 70.9 Å². The minimum Gasteiger partial charge on any atom is -0.380 e. The summed E-state index contributed by atoms with van der Waals surface area (Å²) in [5, 5.41) is 4.32. The van der Waals surface area contributed by atoms with Gasteiger partial charge in [-0.15, -0.1) is 0 Å². The van der Waals surface area contributed by atoms with Crippen LogP contribution < -0.4 is 5.32 Å². The van der Waals surface area contributed by atoms with Crippen molar-refractivity contribution < 1.29 is 9.18 Å². The van der Waals surface area contributed by atoms with Crippen LogP contribution in [0.1, 0.15) is 40.0 Å². The van der Waals surface area contributed by atoms with Crippen LogP contribution in [0.3, 0.4) is 0 Å². The molecule has 0 saturated heterocycles. The third-order valence-corrected chi connectivity index (χ3v) is 4.69. The van der Waals surface area contributed by atoms with Gasteiger partial charge in [0.1, 0.15) is 6.67 Å². The Hall–Kier alpha value is -2.75. The lowest BCUT2D eigenvalue weighted by atomic mass is 9.91. The first-order chi connectivity index (χ1) is 12.3. The number of benzene rings is 2. The number of halogens is 1. The molecule has 0 spiro atoms. The number of ketones is 1. The molecule has 3 nitrogen and oxygen atoms in total. The molecule has 0 aliphatic heterocycles. The van der Waals surface area contributed by atoms with Crippen LogP contribution in [-0.4, -0.2) is 10.8 Å². The number of aryl methyl sites for hydroxylation is 1. The van der Waals surface area contributed by atoms with Crippen LogP contribution in [0, 0.1) is 0 Å². The molecule has 0 saturated carbocycles. The van der Waals surface area contributed by atoms with E-state index in [-0.39, 0.29) is 5.78 Å². The standard InChI is InChI=1S/C21H19FN2O/c22-12-15-9-10-16-18(11-15)24-17-7-4-8-19(25)20(17)21(16)23-13-14-5-2-1-3-6-14/h1-3,5-6,9-11H,4,7-8,12-13H2,(H,23,24). The maximum absolute atomic E-state index is 13.0. The molecule has 0 atom stereocenters. The first kappa shape index (κ1) is 15.8. The fraction of sp³-hybridized carbons (Fsp3) is 0.238. The van der Waals surface area contributed by atoms with Gasteiger partial charge in [0.25, 0.3) is 0 Å². The van der Waals surface area contributed by atoms with Gasteiger partial charge >= 0.3 is 0 Å². The van der Waals surface area contributed by atoms with Gasteiger partial charge < -0.3 is 5.32 Å². The fourth-order valence-corrected chi connectivity index (χ4v) is 3.44. The summed E-state index contributed by atoms with van der Waals surface area (Å²) in [5.41, 5.74) is 4.87. The van der Waals surface area contributed by atoms with Crippen LogP contribution in [0.25, 0.3) is 10.9 Å². The number of hydrogen-bond donors (Lipinski definition) is 1. The van der Waals surface area contributed by atoms with E-state index in [1.54, 1.807) is 12.1 Å². The molecule has 126 valence electrons. The second kappa shape index (κ2) is 6.63. The Labute approximate surface area is 145 Å². The van der Waals surface area contributed by atoms with Crippen LogP contribution in [0.4, 0.5) is 10.1 Å². The topological polar surface area (TPSA) is 42.0 Å². The molecule has 0 unspecified atom stereocenters. The monoisotopic (exact) mass is 334 g/mol. The van der Waals surface area contributed by atoms with Gasteiger partial charge in [0.05, 0.1) is 22.5 Å². The van der Waals surface area contributed by atoms with E-state index >= 15 is 0 Å². The SMILES string of the molecule is O=C1CCCc2nc3cc(CF)ccc3c(NCc3ccccc3)c21. The van der Waals surface area contributed by atoms with Crippen molar-refractivity contribution in [1.82, 2.24) is 4.98 Å². The number of alkyl halides is 1. The molecule has 1 aromatic heterocycles. The number of aromatic nitrogens is 1. The average molecular weight is 334 g/mol. The molecular formula is C21H19FN2O. The molecule has 0 radical (unpaired) electrons. The second-order valence-electron chi connectivity index (χ2n) is 6.41. The first-order valence-electron chi connectivity index (χ1n) is 8.59. The minimum atomic E-state index is -0.513. The van der Waals surface area contributed by atoms with Gasteiger partial charge in [-0.05, 0) is 30.0 Å². The number of rotatable bonds is 4. The van der Waals surface area contributed by atoms with Crippen molar-refractivity contribution in [2.75, 3.05) is 5.32 Å². The zero-order valence-corrected chi connectivity index (χ0v) is 13.9. The van der Waals surface area contributed by atoms with Crippen LogP contribution in [0.2, 0.25) is 0 Å². The summed E-state index contributed by atoms with van der Waals surface area (Å²) in [6.07, 6.45) is 2.17. The van der Waals surface area contributed by atoms with E-state index < -0.39 is 6.67 Å². The van der Waals surface area contributed by atoms with Crippen LogP contribution >= 0.6 is 0 Å². The molecule has 0 bridgehead atoms. The van der Waals surface area contributed by atoms with E-state index in [9.17, 15) is 9.18 Å². The number of carbonyl (C=O) groups excluding carboxylic acids is 1. The summed E-state index contributed by atoms with van der Waals surface area (Å²) in [4.78, 5) is 17.2. The van der Waals surface area contributed by atoms with E-state index in [1.165, 1.54) is 0 Å². The van der Waals surface area contributed by atoms with Gasteiger partial charge in [-0.25, -0.2) is 4.39 Å². The van der Waals surface area contributed by atoms with Crippen molar-refractivity contribution in [3.63, 3.8) is 0 Å². The minimum absolute atomic E-state index is 0.140. The summed E-state index contributed by atoms with van der Waals surface area (Å²) in [6, 6.07) is 15.5. The number of carbonyl (C=O) groups is 1. The van der Waals surface area contributed by atoms with Gasteiger partial charge in [-0.3, -0.25) is 9.78 Å². The normalized spacial score (nSPS) is 13.7. The highest BCUT2D eigenvalue weighted by atomic mass is 19.1. The summed E-state index contributed by atoms with van der Waals surface area (Å²) >= 11 is 0. The molecule has 25 heavy (non-hydrogen) atoms. The molecule has 0 fully saturated rings. The average Bonchev–Trinajstić information content (AvgIpc) is 2.65. The number of fused-ring (bicyclic) bond motifs is 2. The number of Topliss-reactive ketones (excluding diaryl/α,β-unsaturated/α-hetero) is 1. The lowest BCUT2D eigenvalue weighted by Crippen LogP contribution is -2.17. The number of nitrogens with one attached hydrogen (secondary N) is 1. The molecule has 1 aliphatic rings. The molecule has 0 amide bonds. The van der Waals surface area contributed by atoms with E-state index in [0.717, 1.165) is 40.7 Å². The summed E-state index contributed by atoms with van der Waals surface area (Å²) in [7, 11) is 0. The van der Waals surface area contributed by atoms with Gasteiger partial charge in [-0.2, -0.15) is 0 Å². The summed E-state index contributed by atoms with van der Waals surface area (Å²) in [5.74, 6) is 0.140. The van der Waals surface area contributed by atoms with Crippen molar-refractivity contribution in [2.45, 2.75) is 32.5 Å². The molecule has 4 rings (SSSR count). The van der Waals surface area contributed by atoms with Gasteiger partial charge in [0.2, 0.25) is 0 Å². The van der Waals surface area contributed by atoms with Crippen LogP contribution in [-0.2, 0) is 19.6 Å². The highest BCUT2D eigenvalue weighted by Crippen LogP contribution is 2.34. The highest BCUT2D eigenvalue weighted by Gasteiger charge is 2.24. The summed E-state index contributed by atoms with van der Waals surface area (Å²) < 4.78 is 13.0. The number of nitrogens with zero attached hydrogens (tertiary/aromatic N) is 1. The lowest BCUT2D eigenvalue weighted by molar-refractivity contribution is 0.0972. The molecule has 1 N–H and O–H groups in total. The smallest absolute Gasteiger partial charge is 0.166 e. The maximum atomic E-state index is 13.0.